The van der Waals surface area contributed by atoms with Gasteiger partial charge in [0, 0.05) is 22.7 Å². The van der Waals surface area contributed by atoms with Crippen LogP contribution in [-0.4, -0.2) is 20.8 Å². The second kappa shape index (κ2) is 12.1. The maximum absolute atomic E-state index is 7.73. The van der Waals surface area contributed by atoms with Crippen LogP contribution in [0.2, 0.25) is 0 Å². The monoisotopic (exact) mass is 734 g/mol. The summed E-state index contributed by atoms with van der Waals surface area (Å²) in [5, 5.41) is 7.41. The lowest BCUT2D eigenvalue weighted by molar-refractivity contribution is 0.184. The number of hydrogen-bond donors (Lipinski definition) is 1. The van der Waals surface area contributed by atoms with E-state index in [9.17, 15) is 0 Å². The van der Waals surface area contributed by atoms with Gasteiger partial charge in [0.2, 0.25) is 0 Å². The second-order valence-corrected chi connectivity index (χ2v) is 16.5. The summed E-state index contributed by atoms with van der Waals surface area (Å²) in [6.45, 7) is 3.15. The Hall–Kier alpha value is -6.30. The topological polar surface area (TPSA) is 37.0 Å². The van der Waals surface area contributed by atoms with E-state index in [-0.39, 0.29) is 11.6 Å². The van der Waals surface area contributed by atoms with Gasteiger partial charge in [0.25, 0.3) is 0 Å². The van der Waals surface area contributed by atoms with Gasteiger partial charge < -0.3 is 4.57 Å². The molecular weight excluding hydrogens is 693 g/mol. The molecule has 2 heterocycles. The van der Waals surface area contributed by atoms with Gasteiger partial charge in [0.15, 0.2) is 6.29 Å². The standard InChI is InChI=1S/C53H42N4/c1-52(29-14-3-15-30-52)50-55(34-35-17-16-20-37(31-35)36-18-4-2-5-19-36)57(50)51(54)56-48-28-13-9-24-41(48)43-32-42-40-23-8-12-27-46(40)53(47(42)33-49(43)56)44-25-10-6-21-38(44)39-22-7-11-26-45(39)53/h2-29,31-33,50-51H,30,34,54H2,1H3. The SMILES string of the molecule is CC1(C2N(Cc3cccc(-c4ccccc4)c3)N2C(N)n2c3ccccc3c3cc4c(cc32)C2(c3ccccc3-c3ccccc32)c2ccccc2-4)C=CC=CC1. The number of aromatic nitrogens is 1. The summed E-state index contributed by atoms with van der Waals surface area (Å²) < 4.78 is 2.42. The van der Waals surface area contributed by atoms with Gasteiger partial charge in [-0.3, -0.25) is 5.73 Å². The van der Waals surface area contributed by atoms with Gasteiger partial charge in [-0.1, -0.05) is 171 Å². The summed E-state index contributed by atoms with van der Waals surface area (Å²) in [4.78, 5) is 0. The predicted octanol–water partition coefficient (Wildman–Crippen LogP) is 11.8. The first-order valence-electron chi connectivity index (χ1n) is 20.2. The van der Waals surface area contributed by atoms with Crippen molar-refractivity contribution in [1.82, 2.24) is 14.6 Å². The van der Waals surface area contributed by atoms with Gasteiger partial charge in [-0.25, -0.2) is 5.01 Å². The van der Waals surface area contributed by atoms with Crippen molar-refractivity contribution in [2.45, 2.75) is 37.8 Å². The van der Waals surface area contributed by atoms with E-state index in [4.69, 9.17) is 5.73 Å². The third kappa shape index (κ3) is 4.55. The van der Waals surface area contributed by atoms with Crippen LogP contribution < -0.4 is 5.73 Å². The van der Waals surface area contributed by atoms with Gasteiger partial charge in [0.1, 0.15) is 6.17 Å². The molecule has 4 nitrogen and oxygen atoms in total. The Balaban J connectivity index is 1.05. The third-order valence-corrected chi connectivity index (χ3v) is 13.4. The first-order valence-corrected chi connectivity index (χ1v) is 20.2. The van der Waals surface area contributed by atoms with Crippen LogP contribution in [0.1, 0.15) is 47.5 Å². The van der Waals surface area contributed by atoms with Crippen molar-refractivity contribution in [2.75, 3.05) is 0 Å². The number of nitrogens with zero attached hydrogens (tertiary/aromatic N) is 3. The average molecular weight is 735 g/mol. The molecule has 2 N–H and O–H groups in total. The zero-order chi connectivity index (χ0) is 37.9. The third-order valence-electron chi connectivity index (χ3n) is 13.4. The zero-order valence-electron chi connectivity index (χ0n) is 31.9. The largest absolute Gasteiger partial charge is 0.310 e. The molecule has 3 aliphatic carbocycles. The highest BCUT2D eigenvalue weighted by molar-refractivity contribution is 6.11. The van der Waals surface area contributed by atoms with Crippen molar-refractivity contribution >= 4 is 21.8 Å². The highest BCUT2D eigenvalue weighted by atomic mass is 15.9. The normalized spacial score (nSPS) is 22.4. The average Bonchev–Trinajstić information content (AvgIpc) is 3.66. The van der Waals surface area contributed by atoms with Crippen LogP contribution in [0.25, 0.3) is 55.2 Å². The van der Waals surface area contributed by atoms with E-state index < -0.39 is 11.7 Å². The van der Waals surface area contributed by atoms with E-state index >= 15 is 0 Å². The van der Waals surface area contributed by atoms with Crippen LogP contribution in [0, 0.1) is 5.41 Å². The Labute approximate surface area is 333 Å². The lowest BCUT2D eigenvalue weighted by Crippen LogP contribution is -2.32. The highest BCUT2D eigenvalue weighted by Crippen LogP contribution is 2.63. The van der Waals surface area contributed by atoms with Crippen molar-refractivity contribution < 1.29 is 0 Å². The van der Waals surface area contributed by atoms with Gasteiger partial charge in [-0.2, -0.15) is 5.01 Å². The van der Waals surface area contributed by atoms with Crippen LogP contribution in [0.15, 0.2) is 188 Å². The number of rotatable bonds is 6. The molecule has 5 atom stereocenters. The molecule has 4 heteroatoms. The van der Waals surface area contributed by atoms with Crippen molar-refractivity contribution in [2.24, 2.45) is 11.1 Å². The Morgan fingerprint density at radius 1 is 0.579 bits per heavy atom. The summed E-state index contributed by atoms with van der Waals surface area (Å²) in [5.74, 6) is 0. The molecule has 1 aliphatic heterocycles. The molecule has 0 bridgehead atoms. The first kappa shape index (κ1) is 32.9. The van der Waals surface area contributed by atoms with E-state index in [1.807, 2.05) is 0 Å². The van der Waals surface area contributed by atoms with Gasteiger partial charge in [-0.05, 0) is 91.9 Å². The fraction of sp³-hybridized carbons (Fsp3) is 0.132. The molecule has 0 amide bonds. The van der Waals surface area contributed by atoms with E-state index in [0.717, 1.165) is 24.0 Å². The summed E-state index contributed by atoms with van der Waals surface area (Å²) in [5.41, 5.74) is 23.9. The first-order chi connectivity index (χ1) is 28.1. The minimum absolute atomic E-state index is 0.105. The maximum Gasteiger partial charge on any atom is 0.153 e. The van der Waals surface area contributed by atoms with Crippen LogP contribution in [-0.2, 0) is 12.0 Å². The molecule has 1 fully saturated rings. The Kier molecular flexibility index (Phi) is 6.98. The smallest absolute Gasteiger partial charge is 0.153 e. The number of fused-ring (bicyclic) bond motifs is 13. The molecule has 1 saturated heterocycles. The number of benzene rings is 7. The Bertz CT molecular complexity index is 2940. The molecule has 0 saturated carbocycles. The Morgan fingerprint density at radius 3 is 1.91 bits per heavy atom. The molecule has 4 aliphatic rings. The molecule has 8 aromatic rings. The lowest BCUT2D eigenvalue weighted by atomic mass is 9.70. The van der Waals surface area contributed by atoms with Crippen molar-refractivity contribution in [3.05, 3.63) is 216 Å². The lowest BCUT2D eigenvalue weighted by Gasteiger charge is -2.30. The summed E-state index contributed by atoms with van der Waals surface area (Å²) in [6, 6.07) is 60.6. The van der Waals surface area contributed by atoms with Crippen molar-refractivity contribution in [3.63, 3.8) is 0 Å². The molecule has 1 aromatic heterocycles. The summed E-state index contributed by atoms with van der Waals surface area (Å²) in [7, 11) is 0. The van der Waals surface area contributed by atoms with Gasteiger partial charge in [0.05, 0.1) is 16.4 Å². The second-order valence-electron chi connectivity index (χ2n) is 16.5. The molecule has 0 radical (unpaired) electrons. The summed E-state index contributed by atoms with van der Waals surface area (Å²) >= 11 is 0. The Morgan fingerprint density at radius 2 is 1.21 bits per heavy atom. The number of hydrogen-bond acceptors (Lipinski definition) is 3. The van der Waals surface area contributed by atoms with Crippen LogP contribution >= 0.6 is 0 Å². The van der Waals surface area contributed by atoms with Crippen molar-refractivity contribution in [1.29, 1.82) is 0 Å². The quantitative estimate of drug-likeness (QED) is 0.173. The predicted molar refractivity (Wildman–Crippen MR) is 233 cm³/mol. The fourth-order valence-corrected chi connectivity index (χ4v) is 10.9. The van der Waals surface area contributed by atoms with E-state index in [1.54, 1.807) is 0 Å². The highest BCUT2D eigenvalue weighted by Gasteiger charge is 2.58. The van der Waals surface area contributed by atoms with Crippen LogP contribution in [0.4, 0.5) is 0 Å². The molecular formula is C53H42N4. The van der Waals surface area contributed by atoms with E-state index in [2.05, 4.69) is 210 Å². The van der Waals surface area contributed by atoms with Crippen molar-refractivity contribution in [3.8, 4) is 33.4 Å². The minimum Gasteiger partial charge on any atom is -0.310 e. The van der Waals surface area contributed by atoms with Gasteiger partial charge in [-0.15, -0.1) is 0 Å². The zero-order valence-corrected chi connectivity index (χ0v) is 31.9. The molecule has 7 aromatic carbocycles. The van der Waals surface area contributed by atoms with E-state index in [0.29, 0.717) is 0 Å². The van der Waals surface area contributed by atoms with Gasteiger partial charge >= 0.3 is 0 Å². The van der Waals surface area contributed by atoms with Crippen LogP contribution in [0.5, 0.6) is 0 Å². The molecule has 12 rings (SSSR count). The number of nitrogens with two attached hydrogens (primary N) is 1. The fourth-order valence-electron chi connectivity index (χ4n) is 10.9. The van der Waals surface area contributed by atoms with E-state index in [1.165, 1.54) is 72.0 Å². The number of para-hydroxylation sites is 1. The minimum atomic E-state index is -0.438. The number of allylic oxidation sites excluding steroid dienone is 3. The van der Waals surface area contributed by atoms with Crippen LogP contribution in [0.3, 0.4) is 0 Å². The maximum atomic E-state index is 7.73. The molecule has 5 unspecified atom stereocenters. The molecule has 57 heavy (non-hydrogen) atoms. The molecule has 274 valence electrons. The summed E-state index contributed by atoms with van der Waals surface area (Å²) in [6.07, 6.45) is 9.69. The number of hydrazine groups is 1. The molecule has 1 spiro atoms.